The second-order valence-corrected chi connectivity index (χ2v) is 8.71. The first-order valence-electron chi connectivity index (χ1n) is 9.82. The summed E-state index contributed by atoms with van der Waals surface area (Å²) in [7, 11) is 0. The van der Waals surface area contributed by atoms with Crippen molar-refractivity contribution in [2.24, 2.45) is 5.92 Å². The van der Waals surface area contributed by atoms with Gasteiger partial charge in [-0.3, -0.25) is 4.79 Å². The number of carbonyl (C=O) groups excluding carboxylic acids is 2. The molecule has 7 nitrogen and oxygen atoms in total. The summed E-state index contributed by atoms with van der Waals surface area (Å²) in [6.07, 6.45) is -0.578. The molecule has 1 aliphatic rings. The molecule has 7 heteroatoms. The minimum atomic E-state index is -0.630. The van der Waals surface area contributed by atoms with Crippen molar-refractivity contribution in [1.29, 1.82) is 0 Å². The molecule has 0 radical (unpaired) electrons. The minimum absolute atomic E-state index is 0.0561. The lowest BCUT2D eigenvalue weighted by Gasteiger charge is -2.42. The molecule has 0 spiro atoms. The van der Waals surface area contributed by atoms with Crippen molar-refractivity contribution in [3.63, 3.8) is 0 Å². The lowest BCUT2D eigenvalue weighted by Crippen LogP contribution is -2.59. The lowest BCUT2D eigenvalue weighted by atomic mass is 10.0. The number of hydrogen-bond donors (Lipinski definition) is 2. The van der Waals surface area contributed by atoms with Crippen molar-refractivity contribution < 1.29 is 19.4 Å². The molecule has 2 rings (SSSR count). The second kappa shape index (κ2) is 8.71. The largest absolute Gasteiger partial charge is 0.508 e. The number of nitrogens with zero attached hydrogens (tertiary/aromatic N) is 2. The zero-order valence-corrected chi connectivity index (χ0v) is 17.7. The van der Waals surface area contributed by atoms with E-state index in [0.29, 0.717) is 19.6 Å². The van der Waals surface area contributed by atoms with E-state index in [9.17, 15) is 14.7 Å². The number of ether oxygens (including phenoxy) is 1. The molecule has 1 saturated heterocycles. The maximum atomic E-state index is 13.1. The first kappa shape index (κ1) is 21.9. The summed E-state index contributed by atoms with van der Waals surface area (Å²) in [5.41, 5.74) is 0.322. The number of rotatable bonds is 4. The molecule has 0 saturated carbocycles. The maximum Gasteiger partial charge on any atom is 0.408 e. The maximum absolute atomic E-state index is 13.1. The molecule has 0 aliphatic carbocycles. The fourth-order valence-corrected chi connectivity index (χ4v) is 3.36. The summed E-state index contributed by atoms with van der Waals surface area (Å²) >= 11 is 0. The van der Waals surface area contributed by atoms with Crippen LogP contribution >= 0.6 is 0 Å². The van der Waals surface area contributed by atoms with Gasteiger partial charge in [-0.2, -0.15) is 0 Å². The van der Waals surface area contributed by atoms with Gasteiger partial charge in [0, 0.05) is 37.4 Å². The van der Waals surface area contributed by atoms with Crippen LogP contribution in [0.3, 0.4) is 0 Å². The number of benzene rings is 1. The fraction of sp³-hybridized carbons (Fsp3) is 0.619. The normalized spacial score (nSPS) is 18.8. The fourth-order valence-electron chi connectivity index (χ4n) is 3.36. The van der Waals surface area contributed by atoms with Gasteiger partial charge in [-0.15, -0.1) is 0 Å². The quantitative estimate of drug-likeness (QED) is 0.825. The van der Waals surface area contributed by atoms with Crippen LogP contribution in [0.2, 0.25) is 0 Å². The highest BCUT2D eigenvalue weighted by molar-refractivity contribution is 5.86. The van der Waals surface area contributed by atoms with Gasteiger partial charge in [-0.25, -0.2) is 4.79 Å². The van der Waals surface area contributed by atoms with Crippen LogP contribution in [0.15, 0.2) is 24.3 Å². The second-order valence-electron chi connectivity index (χ2n) is 8.71. The van der Waals surface area contributed by atoms with E-state index in [2.05, 4.69) is 17.1 Å². The third kappa shape index (κ3) is 5.78. The molecule has 2 unspecified atom stereocenters. The zero-order valence-electron chi connectivity index (χ0n) is 17.7. The number of hydrogen-bond acceptors (Lipinski definition) is 5. The highest BCUT2D eigenvalue weighted by Gasteiger charge is 2.34. The Labute approximate surface area is 167 Å². The first-order chi connectivity index (χ1) is 13.0. The Kier molecular flexibility index (Phi) is 6.80. The Hall–Kier alpha value is -2.44. The van der Waals surface area contributed by atoms with E-state index in [4.69, 9.17) is 4.74 Å². The van der Waals surface area contributed by atoms with Gasteiger partial charge in [0.15, 0.2) is 0 Å². The third-order valence-electron chi connectivity index (χ3n) is 4.71. The molecule has 2 N–H and O–H groups in total. The van der Waals surface area contributed by atoms with Crippen molar-refractivity contribution in [1.82, 2.24) is 10.2 Å². The van der Waals surface area contributed by atoms with Crippen molar-refractivity contribution in [2.75, 3.05) is 24.5 Å². The predicted molar refractivity (Wildman–Crippen MR) is 109 cm³/mol. The molecule has 1 aromatic rings. The van der Waals surface area contributed by atoms with E-state index < -0.39 is 17.7 Å². The monoisotopic (exact) mass is 391 g/mol. The van der Waals surface area contributed by atoms with Crippen molar-refractivity contribution in [3.05, 3.63) is 24.3 Å². The number of phenols is 1. The number of anilines is 1. The van der Waals surface area contributed by atoms with E-state index in [1.807, 2.05) is 26.0 Å². The summed E-state index contributed by atoms with van der Waals surface area (Å²) < 4.78 is 5.31. The molecule has 1 heterocycles. The Morgan fingerprint density at radius 2 is 1.93 bits per heavy atom. The van der Waals surface area contributed by atoms with Gasteiger partial charge in [0.05, 0.1) is 0 Å². The van der Waals surface area contributed by atoms with Crippen LogP contribution in [0.1, 0.15) is 41.5 Å². The van der Waals surface area contributed by atoms with Crippen molar-refractivity contribution >= 4 is 17.7 Å². The lowest BCUT2D eigenvalue weighted by molar-refractivity contribution is -0.135. The van der Waals surface area contributed by atoms with Gasteiger partial charge < -0.3 is 25.0 Å². The highest BCUT2D eigenvalue weighted by Crippen LogP contribution is 2.24. The molecule has 0 aromatic heterocycles. The summed E-state index contributed by atoms with van der Waals surface area (Å²) in [5, 5.41) is 12.5. The topological polar surface area (TPSA) is 82.1 Å². The number of nitrogens with one attached hydrogen (secondary N) is 1. The zero-order chi connectivity index (χ0) is 21.1. The summed E-state index contributed by atoms with van der Waals surface area (Å²) in [5.74, 6) is 0.0762. The molecule has 2 atom stereocenters. The van der Waals surface area contributed by atoms with Gasteiger partial charge in [0.1, 0.15) is 17.4 Å². The number of phenolic OH excluding ortho intramolecular Hbond substituents is 1. The molecule has 28 heavy (non-hydrogen) atoms. The van der Waals surface area contributed by atoms with E-state index in [-0.39, 0.29) is 23.6 Å². The molecule has 1 fully saturated rings. The predicted octanol–water partition coefficient (Wildman–Crippen LogP) is 2.98. The van der Waals surface area contributed by atoms with E-state index >= 15 is 0 Å². The van der Waals surface area contributed by atoms with Crippen LogP contribution in [0.5, 0.6) is 5.75 Å². The van der Waals surface area contributed by atoms with E-state index in [1.54, 1.807) is 37.8 Å². The number of amides is 2. The van der Waals surface area contributed by atoms with Gasteiger partial charge >= 0.3 is 6.09 Å². The van der Waals surface area contributed by atoms with Crippen LogP contribution in [-0.4, -0.2) is 59.3 Å². The van der Waals surface area contributed by atoms with Gasteiger partial charge in [0.25, 0.3) is 0 Å². The molecule has 2 amide bonds. The third-order valence-corrected chi connectivity index (χ3v) is 4.71. The Bertz CT molecular complexity index is 699. The molecular formula is C21H33N3O4. The van der Waals surface area contributed by atoms with Crippen molar-refractivity contribution in [2.45, 2.75) is 59.2 Å². The van der Waals surface area contributed by atoms with Gasteiger partial charge in [-0.05, 0) is 45.7 Å². The number of carbonyl (C=O) groups is 2. The van der Waals surface area contributed by atoms with Crippen LogP contribution in [-0.2, 0) is 9.53 Å². The minimum Gasteiger partial charge on any atom is -0.508 e. The molecule has 0 bridgehead atoms. The summed E-state index contributed by atoms with van der Waals surface area (Å²) in [6.45, 7) is 13.0. The average Bonchev–Trinajstić information content (AvgIpc) is 2.57. The van der Waals surface area contributed by atoms with Crippen LogP contribution in [0.4, 0.5) is 10.5 Å². The van der Waals surface area contributed by atoms with E-state index in [1.165, 1.54) is 0 Å². The summed E-state index contributed by atoms with van der Waals surface area (Å²) in [6, 6.07) is 6.60. The Balaban J connectivity index is 2.03. The average molecular weight is 392 g/mol. The molecule has 156 valence electrons. The standard InChI is InChI=1S/C21H33N3O4/c1-14(2)18(22-20(27)28-21(4,5)6)19(26)23-10-11-24(15(3)13-23)16-8-7-9-17(25)12-16/h7-9,12,14-15,18,25H,10-11,13H2,1-6H3,(H,22,27). The SMILES string of the molecule is CC(C)C(NC(=O)OC(C)(C)C)C(=O)N1CCN(c2cccc(O)c2)C(C)C1. The van der Waals surface area contributed by atoms with Gasteiger partial charge in [0.2, 0.25) is 5.91 Å². The van der Waals surface area contributed by atoms with Crippen LogP contribution < -0.4 is 10.2 Å². The van der Waals surface area contributed by atoms with Gasteiger partial charge in [-0.1, -0.05) is 19.9 Å². The Morgan fingerprint density at radius 3 is 2.46 bits per heavy atom. The Morgan fingerprint density at radius 1 is 1.25 bits per heavy atom. The van der Waals surface area contributed by atoms with Crippen molar-refractivity contribution in [3.8, 4) is 5.75 Å². The van der Waals surface area contributed by atoms with E-state index in [0.717, 1.165) is 5.69 Å². The number of piperazine rings is 1. The number of aromatic hydroxyl groups is 1. The molecule has 1 aliphatic heterocycles. The molecular weight excluding hydrogens is 358 g/mol. The highest BCUT2D eigenvalue weighted by atomic mass is 16.6. The van der Waals surface area contributed by atoms with Crippen LogP contribution in [0, 0.1) is 5.92 Å². The first-order valence-corrected chi connectivity index (χ1v) is 9.82. The molecule has 1 aromatic carbocycles. The number of alkyl carbamates (subject to hydrolysis) is 1. The summed E-state index contributed by atoms with van der Waals surface area (Å²) in [4.78, 5) is 29.2. The smallest absolute Gasteiger partial charge is 0.408 e. The van der Waals surface area contributed by atoms with Crippen LogP contribution in [0.25, 0.3) is 0 Å².